The van der Waals surface area contributed by atoms with E-state index in [4.69, 9.17) is 21.7 Å². The Morgan fingerprint density at radius 3 is 2.00 bits per heavy atom. The quantitative estimate of drug-likeness (QED) is 0.138. The van der Waals surface area contributed by atoms with Crippen LogP contribution in [-0.4, -0.2) is 27.2 Å². The van der Waals surface area contributed by atoms with E-state index in [1.807, 2.05) is 65.3 Å². The van der Waals surface area contributed by atoms with E-state index < -0.39 is 0 Å². The number of amides is 1. The first-order valence-corrected chi connectivity index (χ1v) is 17.9. The lowest BCUT2D eigenvalue weighted by Crippen LogP contribution is -2.37. The Hall–Kier alpha value is -5.59. The van der Waals surface area contributed by atoms with Crippen LogP contribution in [0.3, 0.4) is 0 Å². The Balaban J connectivity index is 1.41. The number of carbonyl (C=O) groups excluding carboxylic acids is 2. The fourth-order valence-corrected chi connectivity index (χ4v) is 7.15. The molecule has 1 aliphatic rings. The summed E-state index contributed by atoms with van der Waals surface area (Å²) in [5, 5.41) is 8.45. The van der Waals surface area contributed by atoms with Crippen molar-refractivity contribution in [1.29, 1.82) is 0 Å². The van der Waals surface area contributed by atoms with E-state index in [0.717, 1.165) is 35.2 Å². The Bertz CT molecular complexity index is 2160. The normalized spacial score (nSPS) is 15.8. The molecule has 0 aliphatic carbocycles. The summed E-state index contributed by atoms with van der Waals surface area (Å²) < 4.78 is 1.87. The second-order valence-electron chi connectivity index (χ2n) is 12.9. The molecule has 7 rings (SSSR count). The number of anilines is 1. The van der Waals surface area contributed by atoms with Crippen molar-refractivity contribution in [2.24, 2.45) is 10.9 Å². The topological polar surface area (TPSA) is 76.3 Å². The molecule has 0 fully saturated rings. The standard InChI is InChI=1S/C44H39ClN4O2/c1-3-29-15-19-32(20-16-29)39(50)27-37(31-11-7-5-8-12-31)40-41(33-21-17-30(4-2)18-22-33)48-43-38(44(51)47-36-25-23-35(45)24-26-36)28-46-49(43)42(40)34-13-9-6-10-14-34/h5-26,28,37,40,42H,3-4,27H2,1-2H3,(H,47,51). The molecule has 2 heterocycles. The predicted octanol–water partition coefficient (Wildman–Crippen LogP) is 10.3. The Labute approximate surface area is 303 Å². The fraction of sp³-hybridized carbons (Fsp3) is 0.182. The Kier molecular flexibility index (Phi) is 10.0. The maximum absolute atomic E-state index is 14.3. The summed E-state index contributed by atoms with van der Waals surface area (Å²) in [5.41, 5.74) is 7.86. The monoisotopic (exact) mass is 690 g/mol. The van der Waals surface area contributed by atoms with Gasteiger partial charge in [-0.15, -0.1) is 0 Å². The van der Waals surface area contributed by atoms with Crippen molar-refractivity contribution in [2.45, 2.75) is 45.1 Å². The van der Waals surface area contributed by atoms with Crippen molar-refractivity contribution in [2.75, 3.05) is 5.32 Å². The van der Waals surface area contributed by atoms with Crippen LogP contribution in [-0.2, 0) is 12.8 Å². The third-order valence-corrected chi connectivity index (χ3v) is 10.1. The van der Waals surface area contributed by atoms with Gasteiger partial charge in [0.15, 0.2) is 11.6 Å². The van der Waals surface area contributed by atoms with Gasteiger partial charge in [0.25, 0.3) is 5.91 Å². The number of nitrogens with zero attached hydrogens (tertiary/aromatic N) is 3. The molecule has 1 amide bonds. The number of ketones is 1. The van der Waals surface area contributed by atoms with E-state index in [1.54, 1.807) is 30.5 Å². The number of hydrogen-bond acceptors (Lipinski definition) is 4. The molecule has 1 aliphatic heterocycles. The summed E-state index contributed by atoms with van der Waals surface area (Å²) in [6, 6.07) is 43.5. The van der Waals surface area contributed by atoms with Gasteiger partial charge in [0, 0.05) is 34.5 Å². The first-order valence-electron chi connectivity index (χ1n) is 17.5. The molecule has 1 N–H and O–H groups in total. The summed E-state index contributed by atoms with van der Waals surface area (Å²) in [4.78, 5) is 33.5. The van der Waals surface area contributed by atoms with Crippen molar-refractivity contribution in [3.63, 3.8) is 0 Å². The number of nitrogens with one attached hydrogen (secondary N) is 1. The zero-order valence-corrected chi connectivity index (χ0v) is 29.4. The van der Waals surface area contributed by atoms with Gasteiger partial charge in [-0.05, 0) is 64.9 Å². The van der Waals surface area contributed by atoms with E-state index in [9.17, 15) is 9.59 Å². The van der Waals surface area contributed by atoms with Crippen LogP contribution >= 0.6 is 11.6 Å². The van der Waals surface area contributed by atoms with Crippen LogP contribution in [0.15, 0.2) is 145 Å². The minimum absolute atomic E-state index is 0.0632. The van der Waals surface area contributed by atoms with Crippen LogP contribution < -0.4 is 5.32 Å². The molecule has 51 heavy (non-hydrogen) atoms. The smallest absolute Gasteiger partial charge is 0.261 e. The van der Waals surface area contributed by atoms with Crippen molar-refractivity contribution in [1.82, 2.24) is 9.78 Å². The molecule has 0 spiro atoms. The van der Waals surface area contributed by atoms with Crippen LogP contribution in [0.4, 0.5) is 11.5 Å². The molecule has 1 aromatic heterocycles. The zero-order chi connectivity index (χ0) is 35.3. The summed E-state index contributed by atoms with van der Waals surface area (Å²) in [6.07, 6.45) is 3.67. The molecule has 7 heteroatoms. The highest BCUT2D eigenvalue weighted by Gasteiger charge is 2.43. The molecule has 3 unspecified atom stereocenters. The maximum atomic E-state index is 14.3. The lowest BCUT2D eigenvalue weighted by molar-refractivity contribution is 0.0964. The number of aromatic nitrogens is 2. The van der Waals surface area contributed by atoms with Gasteiger partial charge in [0.1, 0.15) is 5.56 Å². The van der Waals surface area contributed by atoms with E-state index in [1.165, 1.54) is 11.1 Å². The molecule has 0 saturated carbocycles. The molecule has 0 radical (unpaired) electrons. The van der Waals surface area contributed by atoms with Crippen LogP contribution in [0.25, 0.3) is 0 Å². The molecule has 5 aromatic carbocycles. The van der Waals surface area contributed by atoms with Crippen molar-refractivity contribution in [3.05, 3.63) is 184 Å². The summed E-state index contributed by atoms with van der Waals surface area (Å²) in [6.45, 7) is 4.24. The number of benzene rings is 5. The first kappa shape index (κ1) is 33.9. The number of carbonyl (C=O) groups is 2. The van der Waals surface area contributed by atoms with Crippen molar-refractivity contribution < 1.29 is 9.59 Å². The van der Waals surface area contributed by atoms with E-state index in [0.29, 0.717) is 27.7 Å². The van der Waals surface area contributed by atoms with Crippen LogP contribution in [0.5, 0.6) is 0 Å². The number of Topliss-reactive ketones (excluding diaryl/α,β-unsaturated/α-hetero) is 1. The highest BCUT2D eigenvalue weighted by atomic mass is 35.5. The van der Waals surface area contributed by atoms with Gasteiger partial charge in [-0.2, -0.15) is 5.10 Å². The second kappa shape index (κ2) is 15.1. The van der Waals surface area contributed by atoms with Gasteiger partial charge in [-0.1, -0.05) is 135 Å². The first-order chi connectivity index (χ1) is 24.9. The molecule has 0 saturated heterocycles. The summed E-state index contributed by atoms with van der Waals surface area (Å²) in [5.74, 6) is -0.384. The summed E-state index contributed by atoms with van der Waals surface area (Å²) in [7, 11) is 0. The number of hydrogen-bond donors (Lipinski definition) is 1. The number of fused-ring (bicyclic) bond motifs is 1. The van der Waals surface area contributed by atoms with Crippen LogP contribution in [0.2, 0.25) is 5.02 Å². The van der Waals surface area contributed by atoms with Crippen LogP contribution in [0, 0.1) is 5.92 Å². The Morgan fingerprint density at radius 2 is 1.37 bits per heavy atom. The number of aryl methyl sites for hydroxylation is 2. The third kappa shape index (κ3) is 7.19. The SMILES string of the molecule is CCc1ccc(C(=O)CC(c2ccccc2)C2C(c3ccc(CC)cc3)=Nc3c(C(=O)Nc4ccc(Cl)cc4)cnn3C2c2ccccc2)cc1. The Morgan fingerprint density at radius 1 is 0.765 bits per heavy atom. The lowest BCUT2D eigenvalue weighted by atomic mass is 9.71. The van der Waals surface area contributed by atoms with Gasteiger partial charge in [0.2, 0.25) is 0 Å². The van der Waals surface area contributed by atoms with Crippen molar-refractivity contribution >= 4 is 40.5 Å². The number of halogens is 1. The highest BCUT2D eigenvalue weighted by molar-refractivity contribution is 6.30. The van der Waals surface area contributed by atoms with Gasteiger partial charge in [-0.3, -0.25) is 9.59 Å². The zero-order valence-electron chi connectivity index (χ0n) is 28.7. The molecule has 0 bridgehead atoms. The molecule has 254 valence electrons. The molecular weight excluding hydrogens is 652 g/mol. The fourth-order valence-electron chi connectivity index (χ4n) is 7.03. The van der Waals surface area contributed by atoms with Crippen molar-refractivity contribution in [3.8, 4) is 0 Å². The molecule has 3 atom stereocenters. The van der Waals surface area contributed by atoms with Gasteiger partial charge < -0.3 is 5.32 Å². The number of aliphatic imine (C=N–C) groups is 1. The number of rotatable bonds is 11. The van der Waals surface area contributed by atoms with E-state index in [-0.39, 0.29) is 36.0 Å². The minimum Gasteiger partial charge on any atom is -0.322 e. The van der Waals surface area contributed by atoms with Gasteiger partial charge >= 0.3 is 0 Å². The average Bonchev–Trinajstić information content (AvgIpc) is 3.62. The van der Waals surface area contributed by atoms with Gasteiger partial charge in [0.05, 0.1) is 18.0 Å². The maximum Gasteiger partial charge on any atom is 0.261 e. The largest absolute Gasteiger partial charge is 0.322 e. The molecule has 6 aromatic rings. The highest BCUT2D eigenvalue weighted by Crippen LogP contribution is 2.47. The molecular formula is C44H39ClN4O2. The third-order valence-electron chi connectivity index (χ3n) is 9.81. The predicted molar refractivity (Wildman–Crippen MR) is 206 cm³/mol. The lowest BCUT2D eigenvalue weighted by Gasteiger charge is -2.38. The summed E-state index contributed by atoms with van der Waals surface area (Å²) >= 11 is 6.11. The average molecular weight is 691 g/mol. The van der Waals surface area contributed by atoms with E-state index >= 15 is 0 Å². The van der Waals surface area contributed by atoms with E-state index in [2.05, 4.69) is 67.7 Å². The van der Waals surface area contributed by atoms with Gasteiger partial charge in [-0.25, -0.2) is 9.67 Å². The molecule has 6 nitrogen and oxygen atoms in total. The minimum atomic E-state index is -0.378. The second-order valence-corrected chi connectivity index (χ2v) is 13.3. The van der Waals surface area contributed by atoms with Crippen LogP contribution in [0.1, 0.15) is 80.8 Å².